The summed E-state index contributed by atoms with van der Waals surface area (Å²) in [5, 5.41) is 7.13. The maximum absolute atomic E-state index is 6.62. The quantitative estimate of drug-likeness (QED) is 0.156. The molecule has 0 N–H and O–H groups in total. The predicted molar refractivity (Wildman–Crippen MR) is 257 cm³/mol. The second-order valence-electron chi connectivity index (χ2n) is 16.8. The summed E-state index contributed by atoms with van der Waals surface area (Å²) in [7, 11) is 0. The van der Waals surface area contributed by atoms with Gasteiger partial charge in [0.25, 0.3) is 0 Å². The van der Waals surface area contributed by atoms with Crippen molar-refractivity contribution < 1.29 is 4.42 Å². The van der Waals surface area contributed by atoms with Gasteiger partial charge in [-0.05, 0) is 114 Å². The number of para-hydroxylation sites is 1. The molecule has 0 aliphatic heterocycles. The topological polar surface area (TPSA) is 16.4 Å². The fourth-order valence-corrected chi connectivity index (χ4v) is 10.2. The van der Waals surface area contributed by atoms with E-state index in [4.69, 9.17) is 4.42 Å². The van der Waals surface area contributed by atoms with Crippen LogP contribution >= 0.6 is 0 Å². The van der Waals surface area contributed by atoms with Gasteiger partial charge in [0, 0.05) is 39.2 Å². The van der Waals surface area contributed by atoms with Crippen LogP contribution in [0.25, 0.3) is 88.0 Å². The highest BCUT2D eigenvalue weighted by Crippen LogP contribution is 2.53. The second kappa shape index (κ2) is 13.7. The normalized spacial score (nSPS) is 12.9. The van der Waals surface area contributed by atoms with Gasteiger partial charge >= 0.3 is 0 Å². The van der Waals surface area contributed by atoms with Gasteiger partial charge in [-0.15, -0.1) is 0 Å². The number of fused-ring (bicyclic) bond motifs is 9. The number of hydrogen-bond acceptors (Lipinski definition) is 2. The first-order valence-corrected chi connectivity index (χ1v) is 21.2. The number of furan rings is 1. The Kier molecular flexibility index (Phi) is 7.92. The van der Waals surface area contributed by atoms with Gasteiger partial charge in [-0.3, -0.25) is 0 Å². The molecule has 0 fully saturated rings. The third kappa shape index (κ3) is 5.49. The number of nitrogens with zero attached hydrogens (tertiary/aromatic N) is 1. The summed E-state index contributed by atoms with van der Waals surface area (Å²) in [5.74, 6) is 0. The van der Waals surface area contributed by atoms with Crippen molar-refractivity contribution in [1.29, 1.82) is 0 Å². The molecule has 11 aromatic rings. The second-order valence-corrected chi connectivity index (χ2v) is 16.8. The highest BCUT2D eigenvalue weighted by atomic mass is 16.3. The van der Waals surface area contributed by atoms with Gasteiger partial charge in [-0.25, -0.2) is 0 Å². The zero-order valence-corrected chi connectivity index (χ0v) is 34.1. The van der Waals surface area contributed by atoms with Gasteiger partial charge < -0.3 is 9.32 Å². The van der Waals surface area contributed by atoms with Crippen molar-refractivity contribution in [3.05, 3.63) is 223 Å². The highest BCUT2D eigenvalue weighted by molar-refractivity contribution is 6.17. The summed E-state index contributed by atoms with van der Waals surface area (Å²) >= 11 is 0. The Morgan fingerprint density at radius 2 is 0.967 bits per heavy atom. The van der Waals surface area contributed by atoms with E-state index in [2.05, 4.69) is 225 Å². The van der Waals surface area contributed by atoms with Crippen molar-refractivity contribution in [3.63, 3.8) is 0 Å². The molecule has 288 valence electrons. The van der Waals surface area contributed by atoms with E-state index in [1.807, 2.05) is 6.07 Å². The summed E-state index contributed by atoms with van der Waals surface area (Å²) in [5.41, 5.74) is 17.2. The molecule has 0 amide bonds. The Bertz CT molecular complexity index is 3520. The first-order chi connectivity index (χ1) is 30.0. The highest BCUT2D eigenvalue weighted by Gasteiger charge is 2.36. The SMILES string of the molecule is CC1(C)c2ccccc2-c2ccc(N(c3ccc4c(c3)oc3ccccc34)c3cccc(-c4ccccc4-c4ccccc4)c3-c3cc4ccccc4c4ccccc34)cc21. The molecule has 0 saturated heterocycles. The van der Waals surface area contributed by atoms with Crippen LogP contribution in [0.3, 0.4) is 0 Å². The Balaban J connectivity index is 1.20. The first kappa shape index (κ1) is 35.3. The van der Waals surface area contributed by atoms with Gasteiger partial charge in [0.2, 0.25) is 0 Å². The molecule has 12 rings (SSSR count). The van der Waals surface area contributed by atoms with E-state index in [1.165, 1.54) is 77.2 Å². The molecule has 1 heterocycles. The third-order valence-corrected chi connectivity index (χ3v) is 13.1. The zero-order chi connectivity index (χ0) is 40.7. The molecular weight excluding hydrogens is 739 g/mol. The Morgan fingerprint density at radius 3 is 1.82 bits per heavy atom. The number of hydrogen-bond donors (Lipinski definition) is 0. The fourth-order valence-electron chi connectivity index (χ4n) is 10.2. The first-order valence-electron chi connectivity index (χ1n) is 21.2. The van der Waals surface area contributed by atoms with Crippen LogP contribution in [0.1, 0.15) is 25.0 Å². The summed E-state index contributed by atoms with van der Waals surface area (Å²) in [6, 6.07) is 77.6. The molecule has 61 heavy (non-hydrogen) atoms. The molecule has 0 unspecified atom stereocenters. The van der Waals surface area contributed by atoms with E-state index in [-0.39, 0.29) is 5.41 Å². The van der Waals surface area contributed by atoms with Crippen molar-refractivity contribution in [2.24, 2.45) is 0 Å². The van der Waals surface area contributed by atoms with E-state index in [1.54, 1.807) is 0 Å². The van der Waals surface area contributed by atoms with Crippen molar-refractivity contribution in [2.45, 2.75) is 19.3 Å². The average Bonchev–Trinajstić information content (AvgIpc) is 3.80. The minimum Gasteiger partial charge on any atom is -0.456 e. The largest absolute Gasteiger partial charge is 0.456 e. The van der Waals surface area contributed by atoms with Crippen LogP contribution in [0, 0.1) is 0 Å². The predicted octanol–water partition coefficient (Wildman–Crippen LogP) is 16.7. The molecule has 0 saturated carbocycles. The summed E-state index contributed by atoms with van der Waals surface area (Å²) in [6.07, 6.45) is 0. The van der Waals surface area contributed by atoms with E-state index in [0.29, 0.717) is 0 Å². The lowest BCUT2D eigenvalue weighted by Crippen LogP contribution is -2.17. The maximum Gasteiger partial charge on any atom is 0.137 e. The van der Waals surface area contributed by atoms with Gasteiger partial charge in [-0.1, -0.05) is 178 Å². The van der Waals surface area contributed by atoms with Crippen LogP contribution in [0.4, 0.5) is 17.1 Å². The molecule has 2 heteroatoms. The van der Waals surface area contributed by atoms with Gasteiger partial charge in [-0.2, -0.15) is 0 Å². The standard InChI is InChI=1S/C59H41NO/c1-59(2)53-28-14-12-25-47(53)48-33-31-40(36-54(48)59)60(41-32-34-50-49-26-13-15-30-56(49)61-57(50)37-41)55-29-16-27-51(45-23-9-8-20-42(45)38-17-4-3-5-18-38)58(55)52-35-39-19-6-7-21-43(39)44-22-10-11-24-46(44)52/h3-37H,1-2H3. The average molecular weight is 780 g/mol. The van der Waals surface area contributed by atoms with Crippen LogP contribution in [-0.2, 0) is 5.41 Å². The van der Waals surface area contributed by atoms with Gasteiger partial charge in [0.1, 0.15) is 11.2 Å². The van der Waals surface area contributed by atoms with Crippen LogP contribution < -0.4 is 4.90 Å². The lowest BCUT2D eigenvalue weighted by atomic mass is 9.82. The molecule has 1 aliphatic rings. The Hall–Kier alpha value is -7.68. The summed E-state index contributed by atoms with van der Waals surface area (Å²) in [4.78, 5) is 2.47. The number of rotatable bonds is 6. The zero-order valence-electron chi connectivity index (χ0n) is 34.1. The van der Waals surface area contributed by atoms with Crippen LogP contribution in [0.2, 0.25) is 0 Å². The lowest BCUT2D eigenvalue weighted by Gasteiger charge is -2.31. The molecule has 1 aliphatic carbocycles. The molecular formula is C59H41NO. The van der Waals surface area contributed by atoms with Gasteiger partial charge in [0.15, 0.2) is 0 Å². The van der Waals surface area contributed by atoms with Crippen LogP contribution in [-0.4, -0.2) is 0 Å². The van der Waals surface area contributed by atoms with E-state index >= 15 is 0 Å². The minimum absolute atomic E-state index is 0.176. The van der Waals surface area contributed by atoms with Crippen molar-refractivity contribution in [2.75, 3.05) is 4.90 Å². The molecule has 1 aromatic heterocycles. The van der Waals surface area contributed by atoms with E-state index in [0.717, 1.165) is 39.0 Å². The van der Waals surface area contributed by atoms with Crippen molar-refractivity contribution in [1.82, 2.24) is 0 Å². The molecule has 0 bridgehead atoms. The lowest BCUT2D eigenvalue weighted by molar-refractivity contribution is 0.660. The molecule has 10 aromatic carbocycles. The minimum atomic E-state index is -0.176. The Labute approximate surface area is 355 Å². The monoisotopic (exact) mass is 779 g/mol. The molecule has 0 radical (unpaired) electrons. The maximum atomic E-state index is 6.62. The molecule has 0 spiro atoms. The van der Waals surface area contributed by atoms with Crippen molar-refractivity contribution in [3.8, 4) is 44.5 Å². The number of benzene rings is 10. The molecule has 0 atom stereocenters. The van der Waals surface area contributed by atoms with E-state index in [9.17, 15) is 0 Å². The van der Waals surface area contributed by atoms with Crippen LogP contribution in [0.5, 0.6) is 0 Å². The summed E-state index contributed by atoms with van der Waals surface area (Å²) < 4.78 is 6.62. The van der Waals surface area contributed by atoms with E-state index < -0.39 is 0 Å². The fraction of sp³-hybridized carbons (Fsp3) is 0.0508. The Morgan fingerprint density at radius 1 is 0.361 bits per heavy atom. The smallest absolute Gasteiger partial charge is 0.137 e. The molecule has 2 nitrogen and oxygen atoms in total. The van der Waals surface area contributed by atoms with Gasteiger partial charge in [0.05, 0.1) is 5.69 Å². The number of anilines is 3. The summed E-state index contributed by atoms with van der Waals surface area (Å²) in [6.45, 7) is 4.72. The third-order valence-electron chi connectivity index (χ3n) is 13.1. The van der Waals surface area contributed by atoms with Crippen molar-refractivity contribution >= 4 is 60.5 Å². The van der Waals surface area contributed by atoms with Crippen LogP contribution in [0.15, 0.2) is 217 Å².